The van der Waals surface area contributed by atoms with Crippen LogP contribution in [-0.2, 0) is 4.79 Å². The van der Waals surface area contributed by atoms with Crippen molar-refractivity contribution in [1.82, 2.24) is 5.32 Å². The summed E-state index contributed by atoms with van der Waals surface area (Å²) in [6.45, 7) is 0.795. The smallest absolute Gasteiger partial charge is 0.233 e. The second-order valence-electron chi connectivity index (χ2n) is 5.07. The maximum Gasteiger partial charge on any atom is 0.233 e. The van der Waals surface area contributed by atoms with Gasteiger partial charge in [-0.15, -0.1) is 0 Å². The number of amides is 1. The van der Waals surface area contributed by atoms with E-state index in [0.29, 0.717) is 10.9 Å². The Balaban J connectivity index is 1.82. The lowest BCUT2D eigenvalue weighted by molar-refractivity contribution is -0.131. The summed E-state index contributed by atoms with van der Waals surface area (Å²) < 4.78 is 0. The van der Waals surface area contributed by atoms with E-state index in [4.69, 9.17) is 18.0 Å². The minimum Gasteiger partial charge on any atom is -0.392 e. The number of thioether (sulfide) groups is 1. The fourth-order valence-electron chi connectivity index (χ4n) is 2.47. The molecule has 2 rings (SSSR count). The van der Waals surface area contributed by atoms with Gasteiger partial charge in [0.15, 0.2) is 0 Å². The zero-order chi connectivity index (χ0) is 12.3. The van der Waals surface area contributed by atoms with Gasteiger partial charge in [-0.2, -0.15) is 11.8 Å². The molecule has 0 unspecified atom stereocenters. The normalized spacial score (nSPS) is 23.8. The molecule has 0 bridgehead atoms. The van der Waals surface area contributed by atoms with Crippen LogP contribution in [0.2, 0.25) is 0 Å². The molecule has 1 amide bonds. The molecule has 17 heavy (non-hydrogen) atoms. The highest BCUT2D eigenvalue weighted by Gasteiger charge is 2.46. The van der Waals surface area contributed by atoms with Crippen molar-refractivity contribution in [2.75, 3.05) is 18.1 Å². The Kier molecular flexibility index (Phi) is 4.31. The van der Waals surface area contributed by atoms with Gasteiger partial charge in [-0.3, -0.25) is 4.79 Å². The van der Waals surface area contributed by atoms with Crippen LogP contribution in [0.5, 0.6) is 0 Å². The average Bonchev–Trinajstić information content (AvgIpc) is 2.25. The standard InChI is InChI=1S/C12H20N2OS2/c13-10(16)12(4-1-5-12)11(15)14-8-9-2-6-17-7-3-9/h9H,1-8H2,(H2,13,16)(H,14,15). The third-order valence-corrected chi connectivity index (χ3v) is 5.45. The third-order valence-electron chi connectivity index (χ3n) is 4.01. The first-order chi connectivity index (χ1) is 8.15. The number of carbonyl (C=O) groups is 1. The van der Waals surface area contributed by atoms with Crippen molar-refractivity contribution in [3.05, 3.63) is 0 Å². The molecule has 96 valence electrons. The topological polar surface area (TPSA) is 55.1 Å². The van der Waals surface area contributed by atoms with E-state index in [1.165, 1.54) is 24.3 Å². The van der Waals surface area contributed by atoms with E-state index in [0.717, 1.165) is 25.8 Å². The molecule has 1 heterocycles. The molecule has 1 saturated carbocycles. The highest BCUT2D eigenvalue weighted by atomic mass is 32.2. The van der Waals surface area contributed by atoms with Crippen LogP contribution in [0.3, 0.4) is 0 Å². The monoisotopic (exact) mass is 272 g/mol. The van der Waals surface area contributed by atoms with E-state index in [2.05, 4.69) is 5.32 Å². The molecule has 1 saturated heterocycles. The van der Waals surface area contributed by atoms with Crippen LogP contribution in [0.15, 0.2) is 0 Å². The van der Waals surface area contributed by atoms with Gasteiger partial charge >= 0.3 is 0 Å². The molecule has 1 aliphatic heterocycles. The van der Waals surface area contributed by atoms with Gasteiger partial charge < -0.3 is 11.1 Å². The highest BCUT2D eigenvalue weighted by Crippen LogP contribution is 2.41. The highest BCUT2D eigenvalue weighted by molar-refractivity contribution is 7.99. The minimum atomic E-state index is -0.515. The minimum absolute atomic E-state index is 0.0643. The Labute approximate surface area is 112 Å². The summed E-state index contributed by atoms with van der Waals surface area (Å²) in [6.07, 6.45) is 5.14. The van der Waals surface area contributed by atoms with Gasteiger partial charge in [-0.25, -0.2) is 0 Å². The molecule has 5 heteroatoms. The molecule has 0 aromatic heterocycles. The molecule has 2 fully saturated rings. The summed E-state index contributed by atoms with van der Waals surface area (Å²) in [4.78, 5) is 12.5. The van der Waals surface area contributed by atoms with Gasteiger partial charge in [0, 0.05) is 6.54 Å². The summed E-state index contributed by atoms with van der Waals surface area (Å²) in [7, 11) is 0. The van der Waals surface area contributed by atoms with E-state index in [9.17, 15) is 4.79 Å². The number of hydrogen-bond acceptors (Lipinski definition) is 3. The molecule has 0 atom stereocenters. The van der Waals surface area contributed by atoms with Crippen LogP contribution in [0.1, 0.15) is 32.1 Å². The van der Waals surface area contributed by atoms with Gasteiger partial charge in [-0.1, -0.05) is 18.6 Å². The second-order valence-corrected chi connectivity index (χ2v) is 6.73. The van der Waals surface area contributed by atoms with Gasteiger partial charge in [0.05, 0.1) is 10.4 Å². The van der Waals surface area contributed by atoms with Crippen LogP contribution in [0, 0.1) is 11.3 Å². The molecule has 3 nitrogen and oxygen atoms in total. The van der Waals surface area contributed by atoms with Gasteiger partial charge in [-0.05, 0) is 43.1 Å². The predicted octanol–water partition coefficient (Wildman–Crippen LogP) is 1.70. The maximum absolute atomic E-state index is 12.1. The molecule has 0 spiro atoms. The van der Waals surface area contributed by atoms with Crippen molar-refractivity contribution in [2.24, 2.45) is 17.1 Å². The van der Waals surface area contributed by atoms with Gasteiger partial charge in [0.1, 0.15) is 0 Å². The van der Waals surface area contributed by atoms with Crippen molar-refractivity contribution in [1.29, 1.82) is 0 Å². The first kappa shape index (κ1) is 13.1. The van der Waals surface area contributed by atoms with E-state index in [1.54, 1.807) is 0 Å². The number of nitrogens with two attached hydrogens (primary N) is 1. The van der Waals surface area contributed by atoms with Crippen LogP contribution >= 0.6 is 24.0 Å². The van der Waals surface area contributed by atoms with Crippen LogP contribution in [0.25, 0.3) is 0 Å². The molecule has 0 aromatic carbocycles. The van der Waals surface area contributed by atoms with Crippen molar-refractivity contribution < 1.29 is 4.79 Å². The van der Waals surface area contributed by atoms with E-state index >= 15 is 0 Å². The van der Waals surface area contributed by atoms with Crippen LogP contribution in [-0.4, -0.2) is 28.9 Å². The first-order valence-electron chi connectivity index (χ1n) is 6.31. The van der Waals surface area contributed by atoms with Crippen molar-refractivity contribution in [3.63, 3.8) is 0 Å². The van der Waals surface area contributed by atoms with E-state index in [-0.39, 0.29) is 5.91 Å². The molecule has 0 aromatic rings. The Bertz CT molecular complexity index is 310. The Morgan fingerprint density at radius 1 is 1.41 bits per heavy atom. The molecule has 2 aliphatic rings. The van der Waals surface area contributed by atoms with Crippen molar-refractivity contribution in [3.8, 4) is 0 Å². The summed E-state index contributed by atoms with van der Waals surface area (Å²) in [5.41, 5.74) is 5.19. The fraction of sp³-hybridized carbons (Fsp3) is 0.833. The van der Waals surface area contributed by atoms with Crippen LogP contribution in [0.4, 0.5) is 0 Å². The molecule has 1 aliphatic carbocycles. The molecule has 0 radical (unpaired) electrons. The zero-order valence-electron chi connectivity index (χ0n) is 10.0. The summed E-state index contributed by atoms with van der Waals surface area (Å²) >= 11 is 7.05. The van der Waals surface area contributed by atoms with Crippen molar-refractivity contribution in [2.45, 2.75) is 32.1 Å². The predicted molar refractivity (Wildman–Crippen MR) is 76.1 cm³/mol. The summed E-state index contributed by atoms with van der Waals surface area (Å²) in [5.74, 6) is 3.15. The largest absolute Gasteiger partial charge is 0.392 e. The zero-order valence-corrected chi connectivity index (χ0v) is 11.7. The van der Waals surface area contributed by atoms with E-state index < -0.39 is 5.41 Å². The lowest BCUT2D eigenvalue weighted by atomic mass is 9.68. The average molecular weight is 272 g/mol. The number of rotatable bonds is 4. The molecule has 3 N–H and O–H groups in total. The lowest BCUT2D eigenvalue weighted by Gasteiger charge is -2.39. The first-order valence-corrected chi connectivity index (χ1v) is 7.87. The van der Waals surface area contributed by atoms with Gasteiger partial charge in [0.25, 0.3) is 0 Å². The SMILES string of the molecule is NC(=S)C1(C(=O)NCC2CCSCC2)CCC1. The Morgan fingerprint density at radius 3 is 2.53 bits per heavy atom. The summed E-state index contributed by atoms with van der Waals surface area (Å²) in [6, 6.07) is 0. The van der Waals surface area contributed by atoms with Crippen molar-refractivity contribution >= 4 is 34.9 Å². The number of hydrogen-bond donors (Lipinski definition) is 2. The molecular formula is C12H20N2OS2. The fourth-order valence-corrected chi connectivity index (χ4v) is 3.97. The Morgan fingerprint density at radius 2 is 2.06 bits per heavy atom. The number of nitrogens with one attached hydrogen (secondary N) is 1. The molecular weight excluding hydrogens is 252 g/mol. The second kappa shape index (κ2) is 5.57. The maximum atomic E-state index is 12.1. The van der Waals surface area contributed by atoms with Crippen LogP contribution < -0.4 is 11.1 Å². The van der Waals surface area contributed by atoms with Gasteiger partial charge in [0.2, 0.25) is 5.91 Å². The number of carbonyl (C=O) groups excluding carboxylic acids is 1. The van der Waals surface area contributed by atoms with E-state index in [1.807, 2.05) is 11.8 Å². The third kappa shape index (κ3) is 2.76. The lowest BCUT2D eigenvalue weighted by Crippen LogP contribution is -2.53. The number of thiocarbonyl (C=S) groups is 1. The quantitative estimate of drug-likeness (QED) is 0.765. The Hall–Kier alpha value is -0.290. The summed E-state index contributed by atoms with van der Waals surface area (Å²) in [5, 5.41) is 3.06.